The number of nitrogens with two attached hydrogens (primary N) is 1. The zero-order valence-electron chi connectivity index (χ0n) is 12.9. The maximum absolute atomic E-state index is 12.7. The molecular weight excluding hydrogens is 355 g/mol. The topological polar surface area (TPSA) is 77.5 Å². The van der Waals surface area contributed by atoms with Crippen molar-refractivity contribution in [2.45, 2.75) is 12.6 Å². The van der Waals surface area contributed by atoms with Gasteiger partial charge in [-0.3, -0.25) is 4.40 Å². The molecule has 1 aromatic carbocycles. The van der Waals surface area contributed by atoms with E-state index in [1.54, 1.807) is 28.8 Å². The van der Waals surface area contributed by atoms with Crippen LogP contribution < -0.4 is 5.14 Å². The lowest BCUT2D eigenvalue weighted by molar-refractivity contribution is -0.137. The number of primary sulfonamides is 1. The van der Waals surface area contributed by atoms with Crippen molar-refractivity contribution in [1.29, 1.82) is 0 Å². The zero-order chi connectivity index (χ0) is 18.2. The number of sulfonamides is 1. The summed E-state index contributed by atoms with van der Waals surface area (Å²) < 4.78 is 62.2. The average molecular weight is 369 g/mol. The SMILES string of the molecule is NS(=O)(=O)CCc1nc(-c2ccc(C(F)(F)F)cc2)n2ccccc12. The first-order valence-electron chi connectivity index (χ1n) is 7.29. The van der Waals surface area contributed by atoms with Crippen LogP contribution in [0.3, 0.4) is 0 Å². The van der Waals surface area contributed by atoms with Crippen LogP contribution in [-0.4, -0.2) is 23.6 Å². The number of aryl methyl sites for hydroxylation is 1. The summed E-state index contributed by atoms with van der Waals surface area (Å²) in [5, 5.41) is 5.03. The smallest absolute Gasteiger partial charge is 0.300 e. The predicted octanol–water partition coefficient (Wildman–Crippen LogP) is 2.85. The molecule has 2 heterocycles. The normalized spacial score (nSPS) is 12.6. The van der Waals surface area contributed by atoms with Gasteiger partial charge in [-0.25, -0.2) is 18.5 Å². The molecule has 0 unspecified atom stereocenters. The highest BCUT2D eigenvalue weighted by molar-refractivity contribution is 7.89. The Balaban J connectivity index is 2.04. The van der Waals surface area contributed by atoms with Crippen molar-refractivity contribution in [3.63, 3.8) is 0 Å². The van der Waals surface area contributed by atoms with E-state index in [4.69, 9.17) is 5.14 Å². The number of hydrogen-bond donors (Lipinski definition) is 1. The van der Waals surface area contributed by atoms with E-state index in [0.29, 0.717) is 22.6 Å². The first kappa shape index (κ1) is 17.4. The third-order valence-corrected chi connectivity index (χ3v) is 4.49. The van der Waals surface area contributed by atoms with E-state index in [0.717, 1.165) is 12.1 Å². The average Bonchev–Trinajstić information content (AvgIpc) is 2.90. The summed E-state index contributed by atoms with van der Waals surface area (Å²) in [6, 6.07) is 9.95. The van der Waals surface area contributed by atoms with Crippen molar-refractivity contribution in [2.24, 2.45) is 5.14 Å². The third kappa shape index (κ3) is 3.83. The Labute approximate surface area is 142 Å². The molecule has 9 heteroatoms. The number of alkyl halides is 3. The van der Waals surface area contributed by atoms with Gasteiger partial charge in [-0.05, 0) is 24.3 Å². The number of imidazole rings is 1. The van der Waals surface area contributed by atoms with E-state index in [1.807, 2.05) is 0 Å². The molecule has 132 valence electrons. The fourth-order valence-electron chi connectivity index (χ4n) is 2.54. The molecule has 3 rings (SSSR count). The molecule has 0 saturated heterocycles. The molecule has 0 aliphatic heterocycles. The Hall–Kier alpha value is -2.39. The largest absolute Gasteiger partial charge is 0.416 e. The Morgan fingerprint density at radius 1 is 1.08 bits per heavy atom. The van der Waals surface area contributed by atoms with Gasteiger partial charge in [0.05, 0.1) is 22.5 Å². The summed E-state index contributed by atoms with van der Waals surface area (Å²) in [4.78, 5) is 4.42. The molecule has 0 aliphatic rings. The van der Waals surface area contributed by atoms with Crippen molar-refractivity contribution in [2.75, 3.05) is 5.75 Å². The fraction of sp³-hybridized carbons (Fsp3) is 0.188. The van der Waals surface area contributed by atoms with Crippen LogP contribution in [0.4, 0.5) is 13.2 Å². The van der Waals surface area contributed by atoms with Gasteiger partial charge in [0.1, 0.15) is 5.82 Å². The molecule has 0 atom stereocenters. The zero-order valence-corrected chi connectivity index (χ0v) is 13.7. The van der Waals surface area contributed by atoms with Crippen LogP contribution in [0, 0.1) is 0 Å². The second-order valence-corrected chi connectivity index (χ2v) is 7.26. The molecule has 5 nitrogen and oxygen atoms in total. The van der Waals surface area contributed by atoms with Crippen LogP contribution in [0.1, 0.15) is 11.3 Å². The molecule has 3 aromatic rings. The summed E-state index contributed by atoms with van der Waals surface area (Å²) in [5.41, 5.74) is 0.952. The summed E-state index contributed by atoms with van der Waals surface area (Å²) in [6.45, 7) is 0. The molecule has 0 amide bonds. The minimum Gasteiger partial charge on any atom is -0.300 e. The van der Waals surface area contributed by atoms with Crippen LogP contribution in [-0.2, 0) is 22.6 Å². The summed E-state index contributed by atoms with van der Waals surface area (Å²) >= 11 is 0. The second kappa shape index (κ2) is 6.16. The van der Waals surface area contributed by atoms with Crippen molar-refractivity contribution < 1.29 is 21.6 Å². The fourth-order valence-corrected chi connectivity index (χ4v) is 3.01. The van der Waals surface area contributed by atoms with E-state index in [2.05, 4.69) is 4.98 Å². The number of pyridine rings is 1. The molecular formula is C16H14F3N3O2S. The highest BCUT2D eigenvalue weighted by atomic mass is 32.2. The quantitative estimate of drug-likeness (QED) is 0.768. The number of fused-ring (bicyclic) bond motifs is 1. The van der Waals surface area contributed by atoms with Crippen LogP contribution in [0.2, 0.25) is 0 Å². The van der Waals surface area contributed by atoms with Gasteiger partial charge in [-0.1, -0.05) is 18.2 Å². The molecule has 0 aliphatic carbocycles. The molecule has 25 heavy (non-hydrogen) atoms. The number of aromatic nitrogens is 2. The van der Waals surface area contributed by atoms with E-state index >= 15 is 0 Å². The summed E-state index contributed by atoms with van der Waals surface area (Å²) in [5.74, 6) is 0.176. The Kier molecular flexibility index (Phi) is 4.29. The van der Waals surface area contributed by atoms with Crippen LogP contribution in [0.5, 0.6) is 0 Å². The van der Waals surface area contributed by atoms with Crippen molar-refractivity contribution in [3.05, 3.63) is 59.9 Å². The molecule has 0 radical (unpaired) electrons. The van der Waals surface area contributed by atoms with Gasteiger partial charge in [-0.15, -0.1) is 0 Å². The Bertz CT molecular complexity index is 1010. The lowest BCUT2D eigenvalue weighted by Gasteiger charge is -2.07. The van der Waals surface area contributed by atoms with Gasteiger partial charge in [0, 0.05) is 18.2 Å². The van der Waals surface area contributed by atoms with Crippen molar-refractivity contribution in [3.8, 4) is 11.4 Å². The van der Waals surface area contributed by atoms with Crippen LogP contribution in [0.25, 0.3) is 16.9 Å². The summed E-state index contributed by atoms with van der Waals surface area (Å²) in [6.07, 6.45) is -2.57. The van der Waals surface area contributed by atoms with Gasteiger partial charge in [-0.2, -0.15) is 13.2 Å². The van der Waals surface area contributed by atoms with Crippen LogP contribution in [0.15, 0.2) is 48.7 Å². The lowest BCUT2D eigenvalue weighted by Crippen LogP contribution is -2.18. The summed E-state index contributed by atoms with van der Waals surface area (Å²) in [7, 11) is -3.64. The maximum Gasteiger partial charge on any atom is 0.416 e. The van der Waals surface area contributed by atoms with Gasteiger partial charge in [0.2, 0.25) is 10.0 Å². The van der Waals surface area contributed by atoms with Gasteiger partial charge >= 0.3 is 6.18 Å². The number of benzene rings is 1. The lowest BCUT2D eigenvalue weighted by atomic mass is 10.1. The maximum atomic E-state index is 12.7. The van der Waals surface area contributed by atoms with Gasteiger partial charge < -0.3 is 0 Å². The molecule has 0 fully saturated rings. The molecule has 0 bridgehead atoms. The van der Waals surface area contributed by atoms with E-state index in [1.165, 1.54) is 12.1 Å². The highest BCUT2D eigenvalue weighted by Gasteiger charge is 2.30. The molecule has 2 aromatic heterocycles. The first-order valence-corrected chi connectivity index (χ1v) is 9.01. The van der Waals surface area contributed by atoms with E-state index < -0.39 is 21.8 Å². The van der Waals surface area contributed by atoms with Crippen molar-refractivity contribution >= 4 is 15.5 Å². The monoisotopic (exact) mass is 369 g/mol. The van der Waals surface area contributed by atoms with E-state index in [-0.39, 0.29) is 12.2 Å². The predicted molar refractivity (Wildman–Crippen MR) is 87.3 cm³/mol. The van der Waals surface area contributed by atoms with E-state index in [9.17, 15) is 21.6 Å². The minimum absolute atomic E-state index is 0.118. The second-order valence-electron chi connectivity index (χ2n) is 5.53. The number of halogens is 3. The first-order chi connectivity index (χ1) is 11.6. The third-order valence-electron chi connectivity index (χ3n) is 3.72. The molecule has 2 N–H and O–H groups in total. The van der Waals surface area contributed by atoms with Crippen LogP contribution >= 0.6 is 0 Å². The van der Waals surface area contributed by atoms with Gasteiger partial charge in [0.15, 0.2) is 0 Å². The highest BCUT2D eigenvalue weighted by Crippen LogP contribution is 2.31. The minimum atomic E-state index is -4.41. The number of hydrogen-bond acceptors (Lipinski definition) is 3. The standard InChI is InChI=1S/C16H14F3N3O2S/c17-16(18,19)12-6-4-11(5-7-12)15-21-13(8-10-25(20,23)24)14-3-1-2-9-22(14)15/h1-7,9H,8,10H2,(H2,20,23,24). The number of nitrogens with zero attached hydrogens (tertiary/aromatic N) is 2. The van der Waals surface area contributed by atoms with Crippen molar-refractivity contribution in [1.82, 2.24) is 9.38 Å². The Morgan fingerprint density at radius 3 is 2.36 bits per heavy atom. The number of rotatable bonds is 4. The van der Waals surface area contributed by atoms with Gasteiger partial charge in [0.25, 0.3) is 0 Å². The molecule has 0 spiro atoms. The molecule has 0 saturated carbocycles. The Morgan fingerprint density at radius 2 is 1.76 bits per heavy atom.